The van der Waals surface area contributed by atoms with Gasteiger partial charge in [-0.1, -0.05) is 11.2 Å². The molecule has 0 saturated heterocycles. The average Bonchev–Trinajstić information content (AvgIpc) is 2.71. The lowest BCUT2D eigenvalue weighted by molar-refractivity contribution is -0.120. The van der Waals surface area contributed by atoms with E-state index in [4.69, 9.17) is 9.57 Å². The number of likely N-dealkylation sites (N-methyl/N-ethyl adjacent to an activating group) is 1. The second-order valence-electron chi connectivity index (χ2n) is 4.34. The Hall–Kier alpha value is -0.870. The Bertz CT molecular complexity index is 312. The average molecular weight is 224 g/mol. The predicted octanol–water partition coefficient (Wildman–Crippen LogP) is 1.78. The zero-order valence-electron chi connectivity index (χ0n) is 10.3. The summed E-state index contributed by atoms with van der Waals surface area (Å²) in [5.41, 5.74) is 2.36. The van der Waals surface area contributed by atoms with Crippen molar-refractivity contribution in [3.63, 3.8) is 0 Å². The molecule has 2 unspecified atom stereocenters. The molecule has 0 N–H and O–H groups in total. The maximum atomic E-state index is 5.41. The van der Waals surface area contributed by atoms with Crippen LogP contribution in [0.2, 0.25) is 0 Å². The van der Waals surface area contributed by atoms with Crippen molar-refractivity contribution < 1.29 is 9.57 Å². The van der Waals surface area contributed by atoms with E-state index in [2.05, 4.69) is 30.1 Å². The molecule has 0 aliphatic carbocycles. The Morgan fingerprint density at radius 1 is 1.62 bits per heavy atom. The van der Waals surface area contributed by atoms with Crippen molar-refractivity contribution in [2.45, 2.75) is 39.0 Å². The zero-order valence-corrected chi connectivity index (χ0v) is 10.3. The zero-order chi connectivity index (χ0) is 11.5. The summed E-state index contributed by atoms with van der Waals surface area (Å²) in [6, 6.07) is 0.427. The molecule has 0 amide bonds. The fourth-order valence-electron chi connectivity index (χ4n) is 2.18. The highest BCUT2D eigenvalue weighted by molar-refractivity contribution is 6.01. The predicted molar refractivity (Wildman–Crippen MR) is 63.3 cm³/mol. The van der Waals surface area contributed by atoms with Crippen molar-refractivity contribution in [2.75, 3.05) is 20.2 Å². The molecule has 90 valence electrons. The van der Waals surface area contributed by atoms with E-state index in [-0.39, 0.29) is 6.29 Å². The minimum atomic E-state index is -0.180. The highest BCUT2D eigenvalue weighted by Gasteiger charge is 2.28. The SMILES string of the molecule is CCOC1CC(C2=CCCN(C)C2C)=NO1. The first kappa shape index (κ1) is 11.6. The number of rotatable bonds is 3. The topological polar surface area (TPSA) is 34.1 Å². The van der Waals surface area contributed by atoms with Gasteiger partial charge in [-0.05, 0) is 32.9 Å². The van der Waals surface area contributed by atoms with E-state index in [1.165, 1.54) is 5.57 Å². The molecule has 0 aromatic carbocycles. The molecule has 0 fully saturated rings. The minimum absolute atomic E-state index is 0.180. The van der Waals surface area contributed by atoms with Crippen molar-refractivity contribution in [2.24, 2.45) is 5.16 Å². The lowest BCUT2D eigenvalue weighted by atomic mass is 9.96. The highest BCUT2D eigenvalue weighted by atomic mass is 16.8. The van der Waals surface area contributed by atoms with Gasteiger partial charge in [0.2, 0.25) is 6.29 Å². The van der Waals surface area contributed by atoms with E-state index in [1.54, 1.807) is 0 Å². The van der Waals surface area contributed by atoms with Crippen LogP contribution in [0.1, 0.15) is 26.7 Å². The van der Waals surface area contributed by atoms with Gasteiger partial charge >= 0.3 is 0 Å². The number of oxime groups is 1. The largest absolute Gasteiger partial charge is 0.363 e. The van der Waals surface area contributed by atoms with Crippen molar-refractivity contribution in [1.29, 1.82) is 0 Å². The summed E-state index contributed by atoms with van der Waals surface area (Å²) in [7, 11) is 2.15. The van der Waals surface area contributed by atoms with E-state index in [1.807, 2.05) is 6.92 Å². The lowest BCUT2D eigenvalue weighted by Gasteiger charge is -2.30. The molecule has 4 heteroatoms. The third-order valence-corrected chi connectivity index (χ3v) is 3.28. The summed E-state index contributed by atoms with van der Waals surface area (Å²) in [5.74, 6) is 0. The summed E-state index contributed by atoms with van der Waals surface area (Å²) in [5, 5.41) is 4.14. The molecule has 2 heterocycles. The minimum Gasteiger partial charge on any atom is -0.363 e. The van der Waals surface area contributed by atoms with Crippen molar-refractivity contribution in [1.82, 2.24) is 4.90 Å². The van der Waals surface area contributed by atoms with Crippen LogP contribution in [0, 0.1) is 0 Å². The molecule has 0 saturated carbocycles. The van der Waals surface area contributed by atoms with Gasteiger partial charge in [0, 0.05) is 19.2 Å². The van der Waals surface area contributed by atoms with Crippen LogP contribution in [0.4, 0.5) is 0 Å². The molecule has 0 aromatic heterocycles. The molecule has 0 spiro atoms. The van der Waals surface area contributed by atoms with Crippen LogP contribution >= 0.6 is 0 Å². The summed E-state index contributed by atoms with van der Waals surface area (Å²) in [6.07, 6.45) is 3.97. The van der Waals surface area contributed by atoms with Crippen molar-refractivity contribution in [3.8, 4) is 0 Å². The fraction of sp³-hybridized carbons (Fsp3) is 0.750. The normalized spacial score (nSPS) is 30.9. The van der Waals surface area contributed by atoms with E-state index >= 15 is 0 Å². The number of ether oxygens (including phenoxy) is 1. The van der Waals surface area contributed by atoms with E-state index < -0.39 is 0 Å². The van der Waals surface area contributed by atoms with Gasteiger partial charge in [-0.25, -0.2) is 0 Å². The van der Waals surface area contributed by atoms with Crippen LogP contribution in [0.5, 0.6) is 0 Å². The highest BCUT2D eigenvalue weighted by Crippen LogP contribution is 2.24. The summed E-state index contributed by atoms with van der Waals surface area (Å²) >= 11 is 0. The number of nitrogens with zero attached hydrogens (tertiary/aromatic N) is 2. The first-order valence-electron chi connectivity index (χ1n) is 5.97. The molecule has 0 radical (unpaired) electrons. The van der Waals surface area contributed by atoms with Gasteiger partial charge in [0.25, 0.3) is 0 Å². The summed E-state index contributed by atoms with van der Waals surface area (Å²) in [4.78, 5) is 7.59. The van der Waals surface area contributed by atoms with Gasteiger partial charge < -0.3 is 9.57 Å². The Morgan fingerprint density at radius 2 is 2.44 bits per heavy atom. The van der Waals surface area contributed by atoms with Gasteiger partial charge in [-0.2, -0.15) is 0 Å². The van der Waals surface area contributed by atoms with Crippen LogP contribution in [-0.2, 0) is 9.57 Å². The van der Waals surface area contributed by atoms with Crippen LogP contribution in [0.15, 0.2) is 16.8 Å². The van der Waals surface area contributed by atoms with Crippen LogP contribution in [0.25, 0.3) is 0 Å². The van der Waals surface area contributed by atoms with Gasteiger partial charge in [-0.15, -0.1) is 0 Å². The summed E-state index contributed by atoms with van der Waals surface area (Å²) in [6.45, 7) is 5.97. The smallest absolute Gasteiger partial charge is 0.232 e. The maximum absolute atomic E-state index is 5.41. The molecule has 2 aliphatic rings. The van der Waals surface area contributed by atoms with Crippen molar-refractivity contribution in [3.05, 3.63) is 11.6 Å². The lowest BCUT2D eigenvalue weighted by Crippen LogP contribution is -2.37. The number of hydrogen-bond donors (Lipinski definition) is 0. The molecule has 2 rings (SSSR count). The van der Waals surface area contributed by atoms with Gasteiger partial charge in [0.05, 0.1) is 12.1 Å². The monoisotopic (exact) mass is 224 g/mol. The third-order valence-electron chi connectivity index (χ3n) is 3.28. The van der Waals surface area contributed by atoms with Crippen LogP contribution in [-0.4, -0.2) is 43.1 Å². The molecular weight excluding hydrogens is 204 g/mol. The Labute approximate surface area is 96.9 Å². The Kier molecular flexibility index (Phi) is 3.61. The Balaban J connectivity index is 2.01. The standard InChI is InChI=1S/C12H20N2O2/c1-4-15-12-8-11(13-16-12)10-6-5-7-14(3)9(10)2/h6,9,12H,4-5,7-8H2,1-3H3. The quantitative estimate of drug-likeness (QED) is 0.732. The molecule has 16 heavy (non-hydrogen) atoms. The van der Waals surface area contributed by atoms with Gasteiger partial charge in [0.15, 0.2) is 0 Å². The van der Waals surface area contributed by atoms with E-state index in [0.717, 1.165) is 25.1 Å². The second kappa shape index (κ2) is 4.97. The molecule has 2 aliphatic heterocycles. The first-order valence-corrected chi connectivity index (χ1v) is 5.97. The second-order valence-corrected chi connectivity index (χ2v) is 4.34. The molecule has 2 atom stereocenters. The molecular formula is C12H20N2O2. The van der Waals surface area contributed by atoms with Crippen LogP contribution in [0.3, 0.4) is 0 Å². The molecule has 4 nitrogen and oxygen atoms in total. The maximum Gasteiger partial charge on any atom is 0.232 e. The fourth-order valence-corrected chi connectivity index (χ4v) is 2.18. The molecule has 0 aromatic rings. The Morgan fingerprint density at radius 3 is 3.19 bits per heavy atom. The van der Waals surface area contributed by atoms with E-state index in [0.29, 0.717) is 12.6 Å². The number of hydrogen-bond acceptors (Lipinski definition) is 4. The van der Waals surface area contributed by atoms with E-state index in [9.17, 15) is 0 Å². The third kappa shape index (κ3) is 2.28. The van der Waals surface area contributed by atoms with Gasteiger partial charge in [0.1, 0.15) is 0 Å². The van der Waals surface area contributed by atoms with Crippen molar-refractivity contribution >= 4 is 5.71 Å². The molecule has 0 bridgehead atoms. The van der Waals surface area contributed by atoms with Crippen LogP contribution < -0.4 is 0 Å². The first-order chi connectivity index (χ1) is 7.72. The van der Waals surface area contributed by atoms with Gasteiger partial charge in [-0.3, -0.25) is 4.90 Å². The summed E-state index contributed by atoms with van der Waals surface area (Å²) < 4.78 is 5.41.